The number of hydrogen-bond donors (Lipinski definition) is 3. The number of hydrogen-bond acceptors (Lipinski definition) is 3. The zero-order valence-electron chi connectivity index (χ0n) is 12.5. The summed E-state index contributed by atoms with van der Waals surface area (Å²) in [6.07, 6.45) is 0.957. The van der Waals surface area contributed by atoms with Crippen molar-refractivity contribution in [2.45, 2.75) is 45.3 Å². The maximum absolute atomic E-state index is 11.8. The number of halogens is 1. The SMILES string of the molecule is CC(N)CCC(=O)NC(C)C(=O)NCc1ccccc1.Cl. The van der Waals surface area contributed by atoms with Crippen LogP contribution in [0, 0.1) is 0 Å². The Morgan fingerprint density at radius 1 is 1.19 bits per heavy atom. The van der Waals surface area contributed by atoms with Crippen LogP contribution in [0.1, 0.15) is 32.3 Å². The second-order valence-electron chi connectivity index (χ2n) is 5.01. The fourth-order valence-corrected chi connectivity index (χ4v) is 1.68. The first-order valence-corrected chi connectivity index (χ1v) is 6.85. The van der Waals surface area contributed by atoms with Crippen LogP contribution in [-0.4, -0.2) is 23.9 Å². The van der Waals surface area contributed by atoms with Crippen LogP contribution in [0.15, 0.2) is 30.3 Å². The van der Waals surface area contributed by atoms with Gasteiger partial charge in [-0.2, -0.15) is 0 Å². The molecule has 1 aromatic rings. The van der Waals surface area contributed by atoms with E-state index in [4.69, 9.17) is 5.73 Å². The molecule has 0 bridgehead atoms. The van der Waals surface area contributed by atoms with Crippen molar-refractivity contribution < 1.29 is 9.59 Å². The lowest BCUT2D eigenvalue weighted by Crippen LogP contribution is -2.44. The third-order valence-corrected chi connectivity index (χ3v) is 2.91. The molecule has 4 N–H and O–H groups in total. The van der Waals surface area contributed by atoms with Crippen LogP contribution in [0.4, 0.5) is 0 Å². The highest BCUT2D eigenvalue weighted by molar-refractivity contribution is 5.87. The lowest BCUT2D eigenvalue weighted by atomic mass is 10.2. The first-order chi connectivity index (χ1) is 9.49. The van der Waals surface area contributed by atoms with E-state index >= 15 is 0 Å². The molecular formula is C15H24ClN3O2. The highest BCUT2D eigenvalue weighted by Crippen LogP contribution is 1.98. The summed E-state index contributed by atoms with van der Waals surface area (Å²) in [5.41, 5.74) is 6.61. The van der Waals surface area contributed by atoms with Crippen LogP contribution in [0.5, 0.6) is 0 Å². The molecule has 0 saturated heterocycles. The van der Waals surface area contributed by atoms with Crippen molar-refractivity contribution in [3.8, 4) is 0 Å². The van der Waals surface area contributed by atoms with E-state index < -0.39 is 6.04 Å². The first-order valence-electron chi connectivity index (χ1n) is 6.85. The number of nitrogens with two attached hydrogens (primary N) is 1. The summed E-state index contributed by atoms with van der Waals surface area (Å²) in [7, 11) is 0. The largest absolute Gasteiger partial charge is 0.350 e. The van der Waals surface area contributed by atoms with Crippen LogP contribution in [0.2, 0.25) is 0 Å². The molecule has 0 radical (unpaired) electrons. The highest BCUT2D eigenvalue weighted by Gasteiger charge is 2.15. The molecule has 0 heterocycles. The van der Waals surface area contributed by atoms with Gasteiger partial charge in [-0.25, -0.2) is 0 Å². The Labute approximate surface area is 132 Å². The minimum Gasteiger partial charge on any atom is -0.350 e. The summed E-state index contributed by atoms with van der Waals surface area (Å²) in [6, 6.07) is 9.08. The van der Waals surface area contributed by atoms with E-state index in [2.05, 4.69) is 10.6 Å². The number of carbonyl (C=O) groups is 2. The van der Waals surface area contributed by atoms with Gasteiger partial charge in [-0.15, -0.1) is 12.4 Å². The van der Waals surface area contributed by atoms with E-state index in [0.29, 0.717) is 19.4 Å². The topological polar surface area (TPSA) is 84.2 Å². The van der Waals surface area contributed by atoms with Crippen molar-refractivity contribution >= 4 is 24.2 Å². The van der Waals surface area contributed by atoms with E-state index in [-0.39, 0.29) is 30.3 Å². The van der Waals surface area contributed by atoms with E-state index in [1.807, 2.05) is 37.3 Å². The lowest BCUT2D eigenvalue weighted by molar-refractivity contribution is -0.128. The summed E-state index contributed by atoms with van der Waals surface area (Å²) < 4.78 is 0. The quantitative estimate of drug-likeness (QED) is 0.710. The van der Waals surface area contributed by atoms with Gasteiger partial charge in [0.15, 0.2) is 0 Å². The predicted molar refractivity (Wildman–Crippen MR) is 86.0 cm³/mol. The number of rotatable bonds is 7. The third kappa shape index (κ3) is 8.32. The van der Waals surface area contributed by atoms with Crippen LogP contribution < -0.4 is 16.4 Å². The van der Waals surface area contributed by atoms with Crippen molar-refractivity contribution in [2.24, 2.45) is 5.73 Å². The average molecular weight is 314 g/mol. The normalized spacial score (nSPS) is 12.7. The Morgan fingerprint density at radius 2 is 1.81 bits per heavy atom. The molecule has 0 aliphatic heterocycles. The second-order valence-corrected chi connectivity index (χ2v) is 5.01. The molecule has 0 aliphatic rings. The molecule has 6 heteroatoms. The van der Waals surface area contributed by atoms with E-state index in [9.17, 15) is 9.59 Å². The molecule has 2 amide bonds. The number of amides is 2. The Balaban J connectivity index is 0.00000400. The van der Waals surface area contributed by atoms with Gasteiger partial charge in [0, 0.05) is 19.0 Å². The molecule has 0 aromatic heterocycles. The molecule has 0 fully saturated rings. The molecule has 118 valence electrons. The highest BCUT2D eigenvalue weighted by atomic mass is 35.5. The van der Waals surface area contributed by atoms with Gasteiger partial charge in [-0.3, -0.25) is 9.59 Å². The van der Waals surface area contributed by atoms with Crippen LogP contribution in [0.3, 0.4) is 0 Å². The van der Waals surface area contributed by atoms with Crippen molar-refractivity contribution in [1.29, 1.82) is 0 Å². The molecular weight excluding hydrogens is 290 g/mol. The monoisotopic (exact) mass is 313 g/mol. The van der Waals surface area contributed by atoms with Gasteiger partial charge in [0.05, 0.1) is 0 Å². The van der Waals surface area contributed by atoms with Crippen LogP contribution >= 0.6 is 12.4 Å². The van der Waals surface area contributed by atoms with Gasteiger partial charge in [0.1, 0.15) is 6.04 Å². The lowest BCUT2D eigenvalue weighted by Gasteiger charge is -2.14. The molecule has 5 nitrogen and oxygen atoms in total. The van der Waals surface area contributed by atoms with E-state index in [1.54, 1.807) is 6.92 Å². The number of carbonyl (C=O) groups excluding carboxylic acids is 2. The molecule has 21 heavy (non-hydrogen) atoms. The molecule has 1 rings (SSSR count). The minimum atomic E-state index is -0.542. The standard InChI is InChI=1S/C15H23N3O2.ClH/c1-11(16)8-9-14(19)18-12(2)15(20)17-10-13-6-4-3-5-7-13;/h3-7,11-12H,8-10,16H2,1-2H3,(H,17,20)(H,18,19);1H. The summed E-state index contributed by atoms with van der Waals surface area (Å²) in [6.45, 7) is 3.98. The van der Waals surface area contributed by atoms with Crippen molar-refractivity contribution in [3.63, 3.8) is 0 Å². The number of benzene rings is 1. The van der Waals surface area contributed by atoms with Crippen LogP contribution in [-0.2, 0) is 16.1 Å². The fraction of sp³-hybridized carbons (Fsp3) is 0.467. The molecule has 1 aromatic carbocycles. The van der Waals surface area contributed by atoms with Crippen LogP contribution in [0.25, 0.3) is 0 Å². The molecule has 2 unspecified atom stereocenters. The fourth-order valence-electron chi connectivity index (χ4n) is 1.68. The Bertz CT molecular complexity index is 438. The Morgan fingerprint density at radius 3 is 2.38 bits per heavy atom. The molecule has 0 spiro atoms. The van der Waals surface area contributed by atoms with E-state index in [0.717, 1.165) is 5.56 Å². The minimum absolute atomic E-state index is 0. The van der Waals surface area contributed by atoms with Crippen molar-refractivity contribution in [2.75, 3.05) is 0 Å². The molecule has 0 saturated carbocycles. The van der Waals surface area contributed by atoms with Gasteiger partial charge in [0.25, 0.3) is 0 Å². The maximum Gasteiger partial charge on any atom is 0.242 e. The molecule has 2 atom stereocenters. The first kappa shape index (κ1) is 19.4. The van der Waals surface area contributed by atoms with Gasteiger partial charge in [-0.1, -0.05) is 30.3 Å². The molecule has 0 aliphatic carbocycles. The summed E-state index contributed by atoms with van der Waals surface area (Å²) in [4.78, 5) is 23.4. The van der Waals surface area contributed by atoms with Crippen molar-refractivity contribution in [3.05, 3.63) is 35.9 Å². The van der Waals surface area contributed by atoms with Gasteiger partial charge >= 0.3 is 0 Å². The summed E-state index contributed by atoms with van der Waals surface area (Å²) in [5, 5.41) is 5.46. The van der Waals surface area contributed by atoms with E-state index in [1.165, 1.54) is 0 Å². The predicted octanol–water partition coefficient (Wildman–Crippen LogP) is 1.36. The summed E-state index contributed by atoms with van der Waals surface area (Å²) in [5.74, 6) is -0.340. The van der Waals surface area contributed by atoms with Gasteiger partial charge < -0.3 is 16.4 Å². The number of nitrogens with one attached hydrogen (secondary N) is 2. The zero-order chi connectivity index (χ0) is 15.0. The smallest absolute Gasteiger partial charge is 0.242 e. The average Bonchev–Trinajstić information content (AvgIpc) is 2.43. The van der Waals surface area contributed by atoms with Gasteiger partial charge in [0.2, 0.25) is 11.8 Å². The second kappa shape index (κ2) is 10.2. The maximum atomic E-state index is 11.8. The van der Waals surface area contributed by atoms with Crippen molar-refractivity contribution in [1.82, 2.24) is 10.6 Å². The zero-order valence-corrected chi connectivity index (χ0v) is 13.3. The van der Waals surface area contributed by atoms with Gasteiger partial charge in [-0.05, 0) is 25.8 Å². The summed E-state index contributed by atoms with van der Waals surface area (Å²) >= 11 is 0. The third-order valence-electron chi connectivity index (χ3n) is 2.91. The Kier molecular flexibility index (Phi) is 9.41. The Hall–Kier alpha value is -1.59.